The highest BCUT2D eigenvalue weighted by molar-refractivity contribution is 5.69. The minimum atomic E-state index is -2.97. The molecular weight excluding hydrogens is 230 g/mol. The smallest absolute Gasteiger partial charge is 0.408 e. The van der Waals surface area contributed by atoms with Crippen molar-refractivity contribution < 1.29 is 18.3 Å². The summed E-state index contributed by atoms with van der Waals surface area (Å²) in [4.78, 5) is 11.5. The highest BCUT2D eigenvalue weighted by Gasteiger charge is 2.57. The summed E-state index contributed by atoms with van der Waals surface area (Å²) in [5.74, 6) is -2.97. The molecule has 1 unspecified atom stereocenters. The number of nitrogens with two attached hydrogens (primary N) is 1. The zero-order valence-electron chi connectivity index (χ0n) is 10.5. The van der Waals surface area contributed by atoms with Gasteiger partial charge in [0.25, 0.3) is 5.92 Å². The molecule has 3 N–H and O–H groups in total. The zero-order valence-corrected chi connectivity index (χ0v) is 10.5. The molecule has 1 atom stereocenters. The molecule has 0 aliphatic heterocycles. The van der Waals surface area contributed by atoms with E-state index < -0.39 is 23.2 Å². The van der Waals surface area contributed by atoms with Gasteiger partial charge in [-0.2, -0.15) is 0 Å². The van der Waals surface area contributed by atoms with E-state index in [1.165, 1.54) is 0 Å². The first-order valence-electron chi connectivity index (χ1n) is 5.71. The van der Waals surface area contributed by atoms with Gasteiger partial charge in [-0.1, -0.05) is 0 Å². The predicted octanol–water partition coefficient (Wildman–Crippen LogP) is 2.03. The number of carbonyl (C=O) groups excluding carboxylic acids is 1. The van der Waals surface area contributed by atoms with Crippen LogP contribution in [-0.2, 0) is 4.74 Å². The van der Waals surface area contributed by atoms with Crippen molar-refractivity contribution in [3.8, 4) is 0 Å². The normalized spacial score (nSPS) is 27.9. The largest absolute Gasteiger partial charge is 0.444 e. The number of hydrogen-bond acceptors (Lipinski definition) is 3. The van der Waals surface area contributed by atoms with E-state index in [-0.39, 0.29) is 19.4 Å². The molecule has 0 saturated heterocycles. The highest BCUT2D eigenvalue weighted by Crippen LogP contribution is 2.43. The highest BCUT2D eigenvalue weighted by atomic mass is 19.3. The number of alkyl carbamates (subject to hydrolysis) is 1. The fourth-order valence-electron chi connectivity index (χ4n) is 1.99. The first-order valence-corrected chi connectivity index (χ1v) is 5.71. The molecule has 1 aliphatic carbocycles. The summed E-state index contributed by atoms with van der Waals surface area (Å²) in [5, 5.41) is 2.25. The van der Waals surface area contributed by atoms with E-state index in [2.05, 4.69) is 5.32 Å². The van der Waals surface area contributed by atoms with Crippen LogP contribution in [0.3, 0.4) is 0 Å². The number of rotatable bonds is 2. The average Bonchev–Trinajstić information content (AvgIpc) is 2.39. The van der Waals surface area contributed by atoms with E-state index in [1.54, 1.807) is 20.8 Å². The van der Waals surface area contributed by atoms with Crippen LogP contribution in [0.25, 0.3) is 0 Å². The molecule has 1 aliphatic rings. The molecule has 0 spiro atoms. The van der Waals surface area contributed by atoms with E-state index in [1.807, 2.05) is 0 Å². The van der Waals surface area contributed by atoms with Crippen LogP contribution in [0.4, 0.5) is 13.6 Å². The Morgan fingerprint density at radius 1 is 1.41 bits per heavy atom. The van der Waals surface area contributed by atoms with Crippen molar-refractivity contribution in [2.24, 2.45) is 5.73 Å². The summed E-state index contributed by atoms with van der Waals surface area (Å²) in [6, 6.07) is 0. The number of amides is 1. The van der Waals surface area contributed by atoms with Gasteiger partial charge >= 0.3 is 6.09 Å². The molecular formula is C11H20F2N2O2. The lowest BCUT2D eigenvalue weighted by Crippen LogP contribution is -2.62. The molecule has 1 fully saturated rings. The Kier molecular flexibility index (Phi) is 3.66. The van der Waals surface area contributed by atoms with Crippen LogP contribution in [0.1, 0.15) is 40.0 Å². The Labute approximate surface area is 99.9 Å². The topological polar surface area (TPSA) is 64.3 Å². The molecule has 0 heterocycles. The lowest BCUT2D eigenvalue weighted by atomic mass is 9.94. The number of nitrogens with one attached hydrogen (secondary N) is 1. The molecule has 1 saturated carbocycles. The van der Waals surface area contributed by atoms with Gasteiger partial charge < -0.3 is 15.8 Å². The summed E-state index contributed by atoms with van der Waals surface area (Å²) < 4.78 is 32.4. The van der Waals surface area contributed by atoms with E-state index >= 15 is 0 Å². The first kappa shape index (κ1) is 14.2. The van der Waals surface area contributed by atoms with Gasteiger partial charge in [0.2, 0.25) is 0 Å². The van der Waals surface area contributed by atoms with Gasteiger partial charge in [-0.3, -0.25) is 0 Å². The second-order valence-electron chi connectivity index (χ2n) is 5.47. The van der Waals surface area contributed by atoms with Crippen LogP contribution in [-0.4, -0.2) is 29.7 Å². The van der Waals surface area contributed by atoms with Crippen molar-refractivity contribution in [3.63, 3.8) is 0 Å². The lowest BCUT2D eigenvalue weighted by Gasteiger charge is -2.35. The van der Waals surface area contributed by atoms with Crippen molar-refractivity contribution in [2.75, 3.05) is 6.54 Å². The number of hydrogen-bond donors (Lipinski definition) is 2. The Hall–Kier alpha value is -0.910. The van der Waals surface area contributed by atoms with Crippen LogP contribution in [0, 0.1) is 0 Å². The van der Waals surface area contributed by atoms with E-state index in [0.29, 0.717) is 6.42 Å². The first-order chi connectivity index (χ1) is 7.62. The maximum Gasteiger partial charge on any atom is 0.408 e. The number of halogens is 2. The second-order valence-corrected chi connectivity index (χ2v) is 5.47. The summed E-state index contributed by atoms with van der Waals surface area (Å²) in [5.41, 5.74) is 3.03. The van der Waals surface area contributed by atoms with Crippen LogP contribution in [0.2, 0.25) is 0 Å². The van der Waals surface area contributed by atoms with Crippen molar-refractivity contribution in [2.45, 2.75) is 57.1 Å². The van der Waals surface area contributed by atoms with E-state index in [0.717, 1.165) is 0 Å². The predicted molar refractivity (Wildman–Crippen MR) is 60.0 cm³/mol. The Morgan fingerprint density at radius 3 is 2.35 bits per heavy atom. The standard InChI is InChI=1S/C11H20F2N2O2/c1-9(2,3)17-8(16)15-10(7-14)5-4-6-11(10,12)13/h4-7,14H2,1-3H3,(H,15,16). The number of carbonyl (C=O) groups is 1. The number of ether oxygens (including phenoxy) is 1. The molecule has 100 valence electrons. The lowest BCUT2D eigenvalue weighted by molar-refractivity contribution is -0.0667. The van der Waals surface area contributed by atoms with Gasteiger partial charge in [-0.05, 0) is 33.6 Å². The van der Waals surface area contributed by atoms with Gasteiger partial charge in [0.05, 0.1) is 0 Å². The van der Waals surface area contributed by atoms with Gasteiger partial charge in [0.1, 0.15) is 11.1 Å². The van der Waals surface area contributed by atoms with Gasteiger partial charge in [0.15, 0.2) is 0 Å². The van der Waals surface area contributed by atoms with Crippen LogP contribution < -0.4 is 11.1 Å². The van der Waals surface area contributed by atoms with E-state index in [9.17, 15) is 13.6 Å². The molecule has 4 nitrogen and oxygen atoms in total. The Balaban J connectivity index is 2.74. The summed E-state index contributed by atoms with van der Waals surface area (Å²) >= 11 is 0. The Bertz CT molecular complexity index is 302. The van der Waals surface area contributed by atoms with Crippen LogP contribution in [0.5, 0.6) is 0 Å². The zero-order chi connectivity index (χ0) is 13.3. The van der Waals surface area contributed by atoms with Crippen molar-refractivity contribution in [1.82, 2.24) is 5.32 Å². The molecule has 1 amide bonds. The van der Waals surface area contributed by atoms with Gasteiger partial charge in [-0.15, -0.1) is 0 Å². The minimum Gasteiger partial charge on any atom is -0.444 e. The molecule has 1 rings (SSSR count). The van der Waals surface area contributed by atoms with Crippen molar-refractivity contribution in [1.29, 1.82) is 0 Å². The second kappa shape index (κ2) is 4.40. The van der Waals surface area contributed by atoms with Crippen molar-refractivity contribution >= 4 is 6.09 Å². The van der Waals surface area contributed by atoms with Gasteiger partial charge in [-0.25, -0.2) is 13.6 Å². The fourth-order valence-corrected chi connectivity index (χ4v) is 1.99. The average molecular weight is 250 g/mol. The quantitative estimate of drug-likeness (QED) is 0.788. The summed E-state index contributed by atoms with van der Waals surface area (Å²) in [6.45, 7) is 4.73. The molecule has 6 heteroatoms. The molecule has 17 heavy (non-hydrogen) atoms. The maximum absolute atomic E-state index is 13.7. The molecule has 0 radical (unpaired) electrons. The third-order valence-corrected chi connectivity index (χ3v) is 2.88. The minimum absolute atomic E-state index is 0.176. The van der Waals surface area contributed by atoms with Crippen molar-refractivity contribution in [3.05, 3.63) is 0 Å². The maximum atomic E-state index is 13.7. The van der Waals surface area contributed by atoms with Gasteiger partial charge in [0, 0.05) is 13.0 Å². The summed E-state index contributed by atoms with van der Waals surface area (Å²) in [6.07, 6.45) is -0.569. The summed E-state index contributed by atoms with van der Waals surface area (Å²) in [7, 11) is 0. The monoisotopic (exact) mass is 250 g/mol. The molecule has 0 aromatic rings. The third kappa shape index (κ3) is 3.06. The molecule has 0 aromatic heterocycles. The van der Waals surface area contributed by atoms with Crippen LogP contribution in [0.15, 0.2) is 0 Å². The molecule has 0 aromatic carbocycles. The third-order valence-electron chi connectivity index (χ3n) is 2.88. The SMILES string of the molecule is CC(C)(C)OC(=O)NC1(CN)CCCC1(F)F. The van der Waals surface area contributed by atoms with Crippen LogP contribution >= 0.6 is 0 Å². The van der Waals surface area contributed by atoms with E-state index in [4.69, 9.17) is 10.5 Å². The number of alkyl halides is 2. The Morgan fingerprint density at radius 2 is 2.00 bits per heavy atom. The molecule has 0 bridgehead atoms. The fraction of sp³-hybridized carbons (Fsp3) is 0.909.